The van der Waals surface area contributed by atoms with Crippen LogP contribution in [0.25, 0.3) is 0 Å². The third-order valence-electron chi connectivity index (χ3n) is 5.17. The summed E-state index contributed by atoms with van der Waals surface area (Å²) in [4.78, 5) is 6.71. The molecule has 7 nitrogen and oxygen atoms in total. The summed E-state index contributed by atoms with van der Waals surface area (Å²) < 4.78 is 22.3. The maximum absolute atomic E-state index is 6.04. The highest BCUT2D eigenvalue weighted by molar-refractivity contribution is 5.80. The number of hydrogen-bond acceptors (Lipinski definition) is 5. The molecule has 30 heavy (non-hydrogen) atoms. The van der Waals surface area contributed by atoms with E-state index >= 15 is 0 Å². The van der Waals surface area contributed by atoms with Crippen LogP contribution >= 0.6 is 0 Å². The van der Waals surface area contributed by atoms with Gasteiger partial charge in [-0.25, -0.2) is 0 Å². The lowest BCUT2D eigenvalue weighted by Crippen LogP contribution is -2.46. The van der Waals surface area contributed by atoms with Crippen molar-refractivity contribution < 1.29 is 18.9 Å². The van der Waals surface area contributed by atoms with Crippen LogP contribution in [0.15, 0.2) is 41.4 Å². The molecular weight excluding hydrogens is 382 g/mol. The van der Waals surface area contributed by atoms with Gasteiger partial charge in [-0.2, -0.15) is 0 Å². The Morgan fingerprint density at radius 3 is 2.27 bits per heavy atom. The van der Waals surface area contributed by atoms with E-state index < -0.39 is 0 Å². The molecule has 0 saturated heterocycles. The molecule has 0 fully saturated rings. The predicted octanol–water partition coefficient (Wildman–Crippen LogP) is 3.11. The molecule has 2 aromatic rings. The van der Waals surface area contributed by atoms with E-state index in [-0.39, 0.29) is 6.10 Å². The number of hydrogen-bond donors (Lipinski definition) is 1. The number of benzene rings is 2. The Bertz CT molecular complexity index is 885. The smallest absolute Gasteiger partial charge is 0.194 e. The van der Waals surface area contributed by atoms with Gasteiger partial charge in [0.25, 0.3) is 0 Å². The average Bonchev–Trinajstić information content (AvgIpc) is 2.78. The van der Waals surface area contributed by atoms with Crippen LogP contribution in [0.1, 0.15) is 18.1 Å². The van der Waals surface area contributed by atoms with E-state index in [1.807, 2.05) is 31.2 Å². The van der Waals surface area contributed by atoms with Crippen molar-refractivity contribution in [2.75, 3.05) is 41.5 Å². The predicted molar refractivity (Wildman–Crippen MR) is 118 cm³/mol. The zero-order valence-corrected chi connectivity index (χ0v) is 18.4. The molecule has 1 aliphatic rings. The van der Waals surface area contributed by atoms with E-state index in [2.05, 4.69) is 27.3 Å². The van der Waals surface area contributed by atoms with Crippen molar-refractivity contribution in [2.45, 2.75) is 26.0 Å². The Balaban J connectivity index is 1.62. The van der Waals surface area contributed by atoms with Crippen LogP contribution in [0.5, 0.6) is 23.0 Å². The third kappa shape index (κ3) is 4.90. The molecule has 0 amide bonds. The zero-order valence-electron chi connectivity index (χ0n) is 18.4. The van der Waals surface area contributed by atoms with Crippen LogP contribution in [0.4, 0.5) is 0 Å². The first-order valence-corrected chi connectivity index (χ1v) is 10.1. The molecule has 2 aromatic carbocycles. The Labute approximate surface area is 178 Å². The molecule has 7 heteroatoms. The number of nitrogens with one attached hydrogen (secondary N) is 1. The second kappa shape index (κ2) is 10.1. The van der Waals surface area contributed by atoms with Crippen LogP contribution in [-0.4, -0.2) is 58.4 Å². The summed E-state index contributed by atoms with van der Waals surface area (Å²) in [6.45, 7) is 4.29. The molecule has 0 spiro atoms. The maximum atomic E-state index is 6.04. The molecule has 0 bridgehead atoms. The monoisotopic (exact) mass is 413 g/mol. The number of nitrogens with zero attached hydrogens (tertiary/aromatic N) is 2. The Kier molecular flexibility index (Phi) is 7.27. The highest BCUT2D eigenvalue weighted by Gasteiger charge is 2.22. The summed E-state index contributed by atoms with van der Waals surface area (Å²) in [6.07, 6.45) is 0.864. The number of rotatable bonds is 7. The molecule has 1 N–H and O–H groups in total. The summed E-state index contributed by atoms with van der Waals surface area (Å²) in [5.41, 5.74) is 2.51. The van der Waals surface area contributed by atoms with E-state index in [4.69, 9.17) is 18.9 Å². The van der Waals surface area contributed by atoms with Gasteiger partial charge in [-0.1, -0.05) is 12.1 Å². The Morgan fingerprint density at radius 1 is 1.00 bits per heavy atom. The van der Waals surface area contributed by atoms with Gasteiger partial charge in [0.05, 0.1) is 27.9 Å². The fraction of sp³-hybridized carbons (Fsp3) is 0.435. The normalized spacial score (nSPS) is 14.6. The number of ether oxygens (including phenoxy) is 4. The SMILES string of the molecule is CN=C(NCC(C)Oc1ccccc1OC)N1CCc2cc(OC)c(OC)cc2C1. The minimum atomic E-state index is -0.0560. The van der Waals surface area contributed by atoms with Crippen molar-refractivity contribution in [3.8, 4) is 23.0 Å². The minimum Gasteiger partial charge on any atom is -0.493 e. The Hall–Kier alpha value is -3.09. The lowest BCUT2D eigenvalue weighted by Gasteiger charge is -2.32. The quantitative estimate of drug-likeness (QED) is 0.556. The van der Waals surface area contributed by atoms with Crippen LogP contribution < -0.4 is 24.3 Å². The van der Waals surface area contributed by atoms with Crippen molar-refractivity contribution in [1.29, 1.82) is 0 Å². The van der Waals surface area contributed by atoms with E-state index in [0.29, 0.717) is 6.54 Å². The van der Waals surface area contributed by atoms with Gasteiger partial charge in [0.2, 0.25) is 0 Å². The summed E-state index contributed by atoms with van der Waals surface area (Å²) in [5, 5.41) is 3.43. The van der Waals surface area contributed by atoms with Gasteiger partial charge in [0.15, 0.2) is 29.0 Å². The minimum absolute atomic E-state index is 0.0560. The molecule has 162 valence electrons. The molecule has 0 aromatic heterocycles. The number of methoxy groups -OCH3 is 3. The Morgan fingerprint density at radius 2 is 1.63 bits per heavy atom. The fourth-order valence-corrected chi connectivity index (χ4v) is 3.61. The number of para-hydroxylation sites is 2. The van der Waals surface area contributed by atoms with Gasteiger partial charge in [0, 0.05) is 20.1 Å². The molecule has 0 saturated carbocycles. The zero-order chi connectivity index (χ0) is 21.5. The highest BCUT2D eigenvalue weighted by Crippen LogP contribution is 2.33. The van der Waals surface area contributed by atoms with Crippen LogP contribution in [-0.2, 0) is 13.0 Å². The lowest BCUT2D eigenvalue weighted by molar-refractivity contribution is 0.211. The fourth-order valence-electron chi connectivity index (χ4n) is 3.61. The summed E-state index contributed by atoms with van der Waals surface area (Å²) in [6, 6.07) is 11.8. The van der Waals surface area contributed by atoms with Gasteiger partial charge < -0.3 is 29.2 Å². The first-order valence-electron chi connectivity index (χ1n) is 10.1. The topological polar surface area (TPSA) is 64.6 Å². The van der Waals surface area contributed by atoms with Crippen molar-refractivity contribution in [3.63, 3.8) is 0 Å². The van der Waals surface area contributed by atoms with Crippen LogP contribution in [0.3, 0.4) is 0 Å². The highest BCUT2D eigenvalue weighted by atomic mass is 16.5. The molecular formula is C23H31N3O4. The van der Waals surface area contributed by atoms with Crippen molar-refractivity contribution >= 4 is 5.96 Å². The molecule has 3 rings (SSSR count). The van der Waals surface area contributed by atoms with Crippen molar-refractivity contribution in [2.24, 2.45) is 4.99 Å². The molecule has 1 heterocycles. The van der Waals surface area contributed by atoms with Gasteiger partial charge >= 0.3 is 0 Å². The number of guanidine groups is 1. The summed E-state index contributed by atoms with van der Waals surface area (Å²) >= 11 is 0. The van der Waals surface area contributed by atoms with E-state index in [0.717, 1.165) is 48.5 Å². The molecule has 0 radical (unpaired) electrons. The molecule has 1 unspecified atom stereocenters. The van der Waals surface area contributed by atoms with E-state index in [1.165, 1.54) is 11.1 Å². The second-order valence-electron chi connectivity index (χ2n) is 7.15. The molecule has 1 atom stereocenters. The average molecular weight is 414 g/mol. The third-order valence-corrected chi connectivity index (χ3v) is 5.17. The largest absolute Gasteiger partial charge is 0.493 e. The van der Waals surface area contributed by atoms with Gasteiger partial charge in [-0.3, -0.25) is 4.99 Å². The van der Waals surface area contributed by atoms with Crippen LogP contribution in [0, 0.1) is 0 Å². The number of aliphatic imine (C=N–C) groups is 1. The van der Waals surface area contributed by atoms with Crippen molar-refractivity contribution in [3.05, 3.63) is 47.5 Å². The van der Waals surface area contributed by atoms with Gasteiger partial charge in [-0.15, -0.1) is 0 Å². The molecule has 0 aliphatic carbocycles. The second-order valence-corrected chi connectivity index (χ2v) is 7.15. The summed E-state index contributed by atoms with van der Waals surface area (Å²) in [7, 11) is 6.78. The maximum Gasteiger partial charge on any atom is 0.194 e. The lowest BCUT2D eigenvalue weighted by atomic mass is 9.99. The van der Waals surface area contributed by atoms with E-state index in [9.17, 15) is 0 Å². The van der Waals surface area contributed by atoms with Gasteiger partial charge in [-0.05, 0) is 48.7 Å². The molecule has 1 aliphatic heterocycles. The van der Waals surface area contributed by atoms with Crippen LogP contribution in [0.2, 0.25) is 0 Å². The van der Waals surface area contributed by atoms with E-state index in [1.54, 1.807) is 28.4 Å². The van der Waals surface area contributed by atoms with Crippen molar-refractivity contribution in [1.82, 2.24) is 10.2 Å². The van der Waals surface area contributed by atoms with Gasteiger partial charge in [0.1, 0.15) is 6.10 Å². The standard InChI is InChI=1S/C23H31N3O4/c1-16(30-20-9-7-6-8-19(20)27-3)14-25-23(24-2)26-11-10-17-12-21(28-4)22(29-5)13-18(17)15-26/h6-9,12-13,16H,10-11,14-15H2,1-5H3,(H,24,25). The summed E-state index contributed by atoms with van der Waals surface area (Å²) in [5.74, 6) is 3.84. The number of fused-ring (bicyclic) bond motifs is 1. The first-order chi connectivity index (χ1) is 14.6. The first kappa shape index (κ1) is 21.6.